The summed E-state index contributed by atoms with van der Waals surface area (Å²) in [5, 5.41) is 10.0. The van der Waals surface area contributed by atoms with E-state index in [-0.39, 0.29) is 18.3 Å². The number of carbonyl (C=O) groups excluding carboxylic acids is 1. The molecule has 1 aliphatic heterocycles. The average Bonchev–Trinajstić information content (AvgIpc) is 2.49. The third-order valence-corrected chi connectivity index (χ3v) is 4.03. The van der Waals surface area contributed by atoms with Crippen molar-refractivity contribution in [2.45, 2.75) is 31.9 Å². The molecule has 0 unspecified atom stereocenters. The van der Waals surface area contributed by atoms with Gasteiger partial charge in [-0.05, 0) is 37.4 Å². The molecule has 0 amide bonds. The van der Waals surface area contributed by atoms with Crippen LogP contribution in [0.1, 0.15) is 24.8 Å². The first-order valence-electron chi connectivity index (χ1n) is 7.20. The molecule has 110 valence electrons. The van der Waals surface area contributed by atoms with Crippen molar-refractivity contribution in [1.29, 1.82) is 0 Å². The van der Waals surface area contributed by atoms with Gasteiger partial charge in [-0.15, -0.1) is 0 Å². The molecule has 1 fully saturated rings. The Bertz CT molecular complexity index is 413. The van der Waals surface area contributed by atoms with Crippen LogP contribution >= 0.6 is 0 Å². The van der Waals surface area contributed by atoms with Crippen LogP contribution in [0.4, 0.5) is 0 Å². The van der Waals surface area contributed by atoms with Crippen LogP contribution in [0.25, 0.3) is 0 Å². The van der Waals surface area contributed by atoms with Crippen molar-refractivity contribution >= 4 is 5.97 Å². The number of aliphatic hydroxyl groups excluding tert-OH is 1. The van der Waals surface area contributed by atoms with E-state index in [0.717, 1.165) is 32.5 Å². The van der Waals surface area contributed by atoms with Gasteiger partial charge in [-0.3, -0.25) is 9.69 Å². The van der Waals surface area contributed by atoms with Gasteiger partial charge in [0.1, 0.15) is 0 Å². The number of benzene rings is 1. The molecule has 0 radical (unpaired) electrons. The van der Waals surface area contributed by atoms with Crippen LogP contribution in [0.5, 0.6) is 0 Å². The molecule has 1 aliphatic rings. The fraction of sp³-hybridized carbons (Fsp3) is 0.562. The highest BCUT2D eigenvalue weighted by atomic mass is 16.5. The predicted octanol–water partition coefficient (Wildman–Crippen LogP) is 1.82. The highest BCUT2D eigenvalue weighted by Gasteiger charge is 2.26. The van der Waals surface area contributed by atoms with Gasteiger partial charge < -0.3 is 9.84 Å². The minimum Gasteiger partial charge on any atom is -0.469 e. The molecule has 0 aliphatic carbocycles. The second kappa shape index (κ2) is 7.41. The number of hydrogen-bond acceptors (Lipinski definition) is 4. The number of methoxy groups -OCH3 is 1. The minimum absolute atomic E-state index is 0.111. The SMILES string of the molecule is COC(=O)C[C@@H](O)C1CCN(Cc2ccccc2)CC1. The quantitative estimate of drug-likeness (QED) is 0.834. The molecule has 1 N–H and O–H groups in total. The number of likely N-dealkylation sites (tertiary alicyclic amines) is 1. The summed E-state index contributed by atoms with van der Waals surface area (Å²) in [5.74, 6) is -0.120. The summed E-state index contributed by atoms with van der Waals surface area (Å²) in [4.78, 5) is 13.6. The van der Waals surface area contributed by atoms with Gasteiger partial charge in [0.05, 0.1) is 19.6 Å². The van der Waals surface area contributed by atoms with Crippen molar-refractivity contribution in [2.24, 2.45) is 5.92 Å². The second-order valence-electron chi connectivity index (χ2n) is 5.45. The minimum atomic E-state index is -0.568. The normalized spacial score (nSPS) is 18.7. The topological polar surface area (TPSA) is 49.8 Å². The second-order valence-corrected chi connectivity index (χ2v) is 5.45. The van der Waals surface area contributed by atoms with Crippen molar-refractivity contribution in [3.05, 3.63) is 35.9 Å². The van der Waals surface area contributed by atoms with Crippen molar-refractivity contribution in [2.75, 3.05) is 20.2 Å². The van der Waals surface area contributed by atoms with E-state index in [0.29, 0.717) is 0 Å². The van der Waals surface area contributed by atoms with E-state index < -0.39 is 6.10 Å². The fourth-order valence-corrected chi connectivity index (χ4v) is 2.76. The number of nitrogens with zero attached hydrogens (tertiary/aromatic N) is 1. The Morgan fingerprint density at radius 1 is 1.35 bits per heavy atom. The van der Waals surface area contributed by atoms with E-state index in [9.17, 15) is 9.90 Å². The molecule has 1 saturated heterocycles. The van der Waals surface area contributed by atoms with Gasteiger partial charge in [-0.25, -0.2) is 0 Å². The Morgan fingerprint density at radius 2 is 2.00 bits per heavy atom. The number of esters is 1. The Balaban J connectivity index is 1.76. The van der Waals surface area contributed by atoms with Crippen LogP contribution in [-0.4, -0.2) is 42.3 Å². The zero-order valence-electron chi connectivity index (χ0n) is 12.0. The zero-order chi connectivity index (χ0) is 14.4. The zero-order valence-corrected chi connectivity index (χ0v) is 12.0. The third-order valence-electron chi connectivity index (χ3n) is 4.03. The summed E-state index contributed by atoms with van der Waals surface area (Å²) in [5.41, 5.74) is 1.32. The average molecular weight is 277 g/mol. The van der Waals surface area contributed by atoms with Gasteiger partial charge in [0.15, 0.2) is 0 Å². The summed E-state index contributed by atoms with van der Waals surface area (Å²) in [6.45, 7) is 2.90. The van der Waals surface area contributed by atoms with E-state index in [4.69, 9.17) is 0 Å². The van der Waals surface area contributed by atoms with Gasteiger partial charge in [-0.2, -0.15) is 0 Å². The Labute approximate surface area is 120 Å². The van der Waals surface area contributed by atoms with Crippen LogP contribution in [0.2, 0.25) is 0 Å². The molecule has 1 atom stereocenters. The van der Waals surface area contributed by atoms with Crippen LogP contribution < -0.4 is 0 Å². The highest BCUT2D eigenvalue weighted by molar-refractivity contribution is 5.69. The predicted molar refractivity (Wildman–Crippen MR) is 77.1 cm³/mol. The summed E-state index contributed by atoms with van der Waals surface area (Å²) < 4.78 is 4.60. The van der Waals surface area contributed by atoms with Crippen molar-refractivity contribution in [1.82, 2.24) is 4.90 Å². The molecule has 1 aromatic rings. The molecule has 4 nitrogen and oxygen atoms in total. The molecule has 0 saturated carbocycles. The molecule has 4 heteroatoms. The number of ether oxygens (including phenoxy) is 1. The summed E-state index contributed by atoms with van der Waals surface area (Å²) >= 11 is 0. The van der Waals surface area contributed by atoms with Gasteiger partial charge >= 0.3 is 5.97 Å². The maximum absolute atomic E-state index is 11.2. The van der Waals surface area contributed by atoms with E-state index in [2.05, 4.69) is 33.9 Å². The molecule has 0 aromatic heterocycles. The Kier molecular flexibility index (Phi) is 5.56. The lowest BCUT2D eigenvalue weighted by Crippen LogP contribution is -2.38. The standard InChI is InChI=1S/C16H23NO3/c1-20-16(19)11-15(18)14-7-9-17(10-8-14)12-13-5-3-2-4-6-13/h2-6,14-15,18H,7-12H2,1H3/t15-/m1/s1. The van der Waals surface area contributed by atoms with Crippen molar-refractivity contribution < 1.29 is 14.6 Å². The Morgan fingerprint density at radius 3 is 2.60 bits per heavy atom. The first-order chi connectivity index (χ1) is 9.69. The molecule has 0 bridgehead atoms. The number of carbonyl (C=O) groups is 1. The number of aliphatic hydroxyl groups is 1. The third kappa shape index (κ3) is 4.32. The Hall–Kier alpha value is -1.39. The van der Waals surface area contributed by atoms with Crippen molar-refractivity contribution in [3.63, 3.8) is 0 Å². The van der Waals surface area contributed by atoms with Crippen LogP contribution in [0, 0.1) is 5.92 Å². The summed E-state index contributed by atoms with van der Waals surface area (Å²) in [6, 6.07) is 10.4. The monoisotopic (exact) mass is 277 g/mol. The molecule has 1 aromatic carbocycles. The molecule has 1 heterocycles. The molecular formula is C16H23NO3. The molecule has 20 heavy (non-hydrogen) atoms. The van der Waals surface area contributed by atoms with E-state index >= 15 is 0 Å². The smallest absolute Gasteiger partial charge is 0.308 e. The molecular weight excluding hydrogens is 254 g/mol. The molecule has 0 spiro atoms. The highest BCUT2D eigenvalue weighted by Crippen LogP contribution is 2.23. The van der Waals surface area contributed by atoms with E-state index in [1.807, 2.05) is 6.07 Å². The van der Waals surface area contributed by atoms with E-state index in [1.165, 1.54) is 12.7 Å². The van der Waals surface area contributed by atoms with Crippen molar-refractivity contribution in [3.8, 4) is 0 Å². The summed E-state index contributed by atoms with van der Waals surface area (Å²) in [7, 11) is 1.36. The first kappa shape index (κ1) is 15.0. The van der Waals surface area contributed by atoms with E-state index in [1.54, 1.807) is 0 Å². The first-order valence-corrected chi connectivity index (χ1v) is 7.20. The number of piperidine rings is 1. The lowest BCUT2D eigenvalue weighted by Gasteiger charge is -2.34. The fourth-order valence-electron chi connectivity index (χ4n) is 2.76. The molecule has 2 rings (SSSR count). The lowest BCUT2D eigenvalue weighted by molar-refractivity contribution is -0.143. The van der Waals surface area contributed by atoms with Gasteiger partial charge in [0.25, 0.3) is 0 Å². The van der Waals surface area contributed by atoms with Gasteiger partial charge in [-0.1, -0.05) is 30.3 Å². The largest absolute Gasteiger partial charge is 0.469 e. The maximum atomic E-state index is 11.2. The van der Waals surface area contributed by atoms with Crippen LogP contribution in [0.3, 0.4) is 0 Å². The summed E-state index contributed by atoms with van der Waals surface area (Å²) in [6.07, 6.45) is 1.41. The lowest BCUT2D eigenvalue weighted by atomic mass is 9.89. The van der Waals surface area contributed by atoms with Crippen LogP contribution in [0.15, 0.2) is 30.3 Å². The van der Waals surface area contributed by atoms with Gasteiger partial charge in [0.2, 0.25) is 0 Å². The number of rotatable bonds is 5. The number of hydrogen-bond donors (Lipinski definition) is 1. The van der Waals surface area contributed by atoms with Gasteiger partial charge in [0, 0.05) is 6.54 Å². The maximum Gasteiger partial charge on any atom is 0.308 e. The van der Waals surface area contributed by atoms with Crippen LogP contribution in [-0.2, 0) is 16.1 Å².